The first-order valence-corrected chi connectivity index (χ1v) is 14.8. The molecule has 0 amide bonds. The monoisotopic (exact) mass is 765 g/mol. The van der Waals surface area contributed by atoms with E-state index in [2.05, 4.69) is 84.9 Å². The number of hydrogen-bond acceptors (Lipinski definition) is 3. The van der Waals surface area contributed by atoms with Crippen LogP contribution >= 0.6 is 0 Å². The zero-order chi connectivity index (χ0) is 30.3. The molecular formula is C40H32N3OPt-. The molecule has 1 N–H and O–H groups in total. The Balaban J connectivity index is 0.00000357. The van der Waals surface area contributed by atoms with Crippen LogP contribution in [0, 0.1) is 6.07 Å². The van der Waals surface area contributed by atoms with E-state index in [-0.39, 0.29) is 32.2 Å². The number of fused-ring (bicyclic) bond motifs is 1. The Labute approximate surface area is 278 Å². The fourth-order valence-electron chi connectivity index (χ4n) is 5.66. The summed E-state index contributed by atoms with van der Waals surface area (Å²) in [7, 11) is 0. The first kappa shape index (κ1) is 30.2. The molecule has 0 saturated heterocycles. The van der Waals surface area contributed by atoms with E-state index >= 15 is 0 Å². The number of para-hydroxylation sites is 1. The molecule has 224 valence electrons. The normalized spacial score (nSPS) is 11.4. The van der Waals surface area contributed by atoms with Crippen LogP contribution < -0.4 is 0 Å². The predicted molar refractivity (Wildman–Crippen MR) is 180 cm³/mol. The van der Waals surface area contributed by atoms with Gasteiger partial charge in [-0.3, -0.25) is 9.55 Å². The summed E-state index contributed by atoms with van der Waals surface area (Å²) in [6, 6.07) is 46.4. The van der Waals surface area contributed by atoms with Crippen LogP contribution in [0.3, 0.4) is 0 Å². The quantitative estimate of drug-likeness (QED) is 0.178. The topological polar surface area (TPSA) is 50.9 Å². The second-order valence-electron chi connectivity index (χ2n) is 12.0. The Kier molecular flexibility index (Phi) is 8.27. The number of phenolic OH excluding ortho intramolecular Hbond substituents is 1. The second-order valence-corrected chi connectivity index (χ2v) is 12.0. The van der Waals surface area contributed by atoms with Gasteiger partial charge in [-0.1, -0.05) is 105 Å². The molecule has 5 aromatic carbocycles. The van der Waals surface area contributed by atoms with E-state index < -0.39 is 0 Å². The Morgan fingerprint density at radius 3 is 2.09 bits per heavy atom. The minimum Gasteiger partial charge on any atom is -0.507 e. The standard InChI is InChI=1S/C40H32N3O.Pt/c1-40(2,3)31-25-33(29-15-12-16-30(23-29)35-19-10-11-22-41-35)38-36(26-31)43(32-17-8-5-9-18-32)39(42-38)34-24-28(20-21-37(34)44)27-13-6-4-7-14-27;/h4-22,24-26,44H,1-3H3;/q-1;. The van der Waals surface area contributed by atoms with Gasteiger partial charge in [0, 0.05) is 38.6 Å². The van der Waals surface area contributed by atoms with E-state index in [0.29, 0.717) is 11.4 Å². The van der Waals surface area contributed by atoms with Gasteiger partial charge in [-0.15, -0.1) is 29.8 Å². The molecule has 0 fully saturated rings. The summed E-state index contributed by atoms with van der Waals surface area (Å²) < 4.78 is 2.17. The van der Waals surface area contributed by atoms with Crippen molar-refractivity contribution in [2.75, 3.05) is 0 Å². The predicted octanol–water partition coefficient (Wildman–Crippen LogP) is 9.89. The molecule has 0 spiro atoms. The minimum atomic E-state index is -0.122. The molecule has 0 atom stereocenters. The number of hydrogen-bond donors (Lipinski definition) is 1. The van der Waals surface area contributed by atoms with Gasteiger partial charge < -0.3 is 5.11 Å². The Bertz CT molecular complexity index is 2100. The Hall–Kier alpha value is -4.79. The first-order valence-electron chi connectivity index (χ1n) is 14.8. The van der Waals surface area contributed by atoms with Crippen LogP contribution in [-0.2, 0) is 26.5 Å². The summed E-state index contributed by atoms with van der Waals surface area (Å²) in [6.45, 7) is 6.68. The van der Waals surface area contributed by atoms with Crippen LogP contribution in [0.5, 0.6) is 5.75 Å². The zero-order valence-electron chi connectivity index (χ0n) is 25.3. The molecule has 7 rings (SSSR count). The van der Waals surface area contributed by atoms with Crippen molar-refractivity contribution in [3.05, 3.63) is 145 Å². The van der Waals surface area contributed by atoms with Crippen molar-refractivity contribution in [3.8, 4) is 56.3 Å². The Morgan fingerprint density at radius 1 is 0.667 bits per heavy atom. The Morgan fingerprint density at radius 2 is 1.38 bits per heavy atom. The smallest absolute Gasteiger partial charge is 0.148 e. The third kappa shape index (κ3) is 5.86. The van der Waals surface area contributed by atoms with Crippen LogP contribution in [0.1, 0.15) is 26.3 Å². The van der Waals surface area contributed by atoms with Gasteiger partial charge in [-0.25, -0.2) is 4.98 Å². The molecule has 0 unspecified atom stereocenters. The van der Waals surface area contributed by atoms with Gasteiger partial charge in [-0.2, -0.15) is 0 Å². The summed E-state index contributed by atoms with van der Waals surface area (Å²) in [5.41, 5.74) is 10.3. The molecule has 0 saturated carbocycles. The number of aromatic hydroxyl groups is 1. The maximum absolute atomic E-state index is 11.3. The maximum atomic E-state index is 11.3. The molecule has 2 aromatic heterocycles. The van der Waals surface area contributed by atoms with Crippen LogP contribution in [0.2, 0.25) is 0 Å². The van der Waals surface area contributed by atoms with E-state index in [9.17, 15) is 5.11 Å². The van der Waals surface area contributed by atoms with Crippen LogP contribution in [0.4, 0.5) is 0 Å². The number of benzene rings is 5. The molecule has 5 heteroatoms. The van der Waals surface area contributed by atoms with Crippen LogP contribution in [0.15, 0.2) is 134 Å². The van der Waals surface area contributed by atoms with Gasteiger partial charge in [-0.05, 0) is 58.5 Å². The SMILES string of the molecule is CC(C)(C)c1cc(-c2[c-]c(-c3ccccn3)ccc2)c2nc(-c3cc(-c4ccccc4)ccc3O)n(-c3ccccc3)c2c1.[Pt]. The summed E-state index contributed by atoms with van der Waals surface area (Å²) in [4.78, 5) is 9.89. The fraction of sp³-hybridized carbons (Fsp3) is 0.100. The van der Waals surface area contributed by atoms with Gasteiger partial charge in [0.25, 0.3) is 0 Å². The summed E-state index contributed by atoms with van der Waals surface area (Å²) in [6.07, 6.45) is 1.80. The largest absolute Gasteiger partial charge is 0.507 e. The average molecular weight is 766 g/mol. The van der Waals surface area contributed by atoms with Crippen molar-refractivity contribution in [1.82, 2.24) is 14.5 Å². The fourth-order valence-corrected chi connectivity index (χ4v) is 5.66. The molecule has 0 aliphatic rings. The van der Waals surface area contributed by atoms with Gasteiger partial charge in [0.05, 0.1) is 16.6 Å². The van der Waals surface area contributed by atoms with Crippen LogP contribution in [-0.4, -0.2) is 19.6 Å². The molecule has 0 aliphatic carbocycles. The molecule has 4 nitrogen and oxygen atoms in total. The molecule has 45 heavy (non-hydrogen) atoms. The second kappa shape index (κ2) is 12.3. The third-order valence-electron chi connectivity index (χ3n) is 8.01. The first-order chi connectivity index (χ1) is 21.4. The molecule has 2 heterocycles. The van der Waals surface area contributed by atoms with Crippen LogP contribution in [0.25, 0.3) is 61.6 Å². The van der Waals surface area contributed by atoms with Crippen molar-refractivity contribution in [3.63, 3.8) is 0 Å². The molecule has 0 aliphatic heterocycles. The van der Waals surface area contributed by atoms with Crippen molar-refractivity contribution in [2.45, 2.75) is 26.2 Å². The number of rotatable bonds is 5. The summed E-state index contributed by atoms with van der Waals surface area (Å²) in [5, 5.41) is 11.3. The van der Waals surface area contributed by atoms with E-state index in [4.69, 9.17) is 4.98 Å². The number of nitrogens with zero attached hydrogens (tertiary/aromatic N) is 3. The van der Waals surface area contributed by atoms with E-state index in [1.807, 2.05) is 72.8 Å². The minimum absolute atomic E-state index is 0. The van der Waals surface area contributed by atoms with Crippen molar-refractivity contribution in [1.29, 1.82) is 0 Å². The van der Waals surface area contributed by atoms with Gasteiger partial charge in [0.15, 0.2) is 0 Å². The number of phenols is 1. The summed E-state index contributed by atoms with van der Waals surface area (Å²) in [5.74, 6) is 0.855. The maximum Gasteiger partial charge on any atom is 0.148 e. The van der Waals surface area contributed by atoms with Gasteiger partial charge in [0.2, 0.25) is 0 Å². The average Bonchev–Trinajstić information content (AvgIpc) is 3.45. The van der Waals surface area contributed by atoms with Gasteiger partial charge >= 0.3 is 0 Å². The molecule has 0 radical (unpaired) electrons. The molecule has 7 aromatic rings. The number of imidazole rings is 1. The van der Waals surface area contributed by atoms with E-state index in [0.717, 1.165) is 50.2 Å². The van der Waals surface area contributed by atoms with Crippen molar-refractivity contribution < 1.29 is 26.2 Å². The van der Waals surface area contributed by atoms with E-state index in [1.165, 1.54) is 5.56 Å². The molecule has 0 bridgehead atoms. The number of aromatic nitrogens is 3. The van der Waals surface area contributed by atoms with Crippen molar-refractivity contribution in [2.24, 2.45) is 0 Å². The summed E-state index contributed by atoms with van der Waals surface area (Å²) >= 11 is 0. The zero-order valence-corrected chi connectivity index (χ0v) is 27.6. The van der Waals surface area contributed by atoms with Gasteiger partial charge in [0.1, 0.15) is 11.6 Å². The molecular weight excluding hydrogens is 734 g/mol. The van der Waals surface area contributed by atoms with Crippen molar-refractivity contribution >= 4 is 11.0 Å². The third-order valence-corrected chi connectivity index (χ3v) is 8.01. The number of pyridine rings is 1. The van der Waals surface area contributed by atoms with E-state index in [1.54, 1.807) is 12.3 Å².